The minimum Gasteiger partial charge on any atom is -0.388 e. The molecule has 0 radical (unpaired) electrons. The average Bonchev–Trinajstić information content (AvgIpc) is 2.20. The SMILES string of the molecule is CC(C)(C)[C@H](N)C[C@@H](O)c1ccc(F)c(F)c1.Cl. The topological polar surface area (TPSA) is 46.2 Å². The third kappa shape index (κ3) is 4.52. The number of hydrogen-bond acceptors (Lipinski definition) is 2. The van der Waals surface area contributed by atoms with E-state index in [-0.39, 0.29) is 23.9 Å². The summed E-state index contributed by atoms with van der Waals surface area (Å²) in [6, 6.07) is 3.18. The van der Waals surface area contributed by atoms with Crippen molar-refractivity contribution < 1.29 is 13.9 Å². The molecule has 0 amide bonds. The van der Waals surface area contributed by atoms with Crippen LogP contribution in [0.5, 0.6) is 0 Å². The van der Waals surface area contributed by atoms with Gasteiger partial charge in [0.2, 0.25) is 0 Å². The van der Waals surface area contributed by atoms with Gasteiger partial charge >= 0.3 is 0 Å². The van der Waals surface area contributed by atoms with Crippen LogP contribution in [0.2, 0.25) is 0 Å². The fraction of sp³-hybridized carbons (Fsp3) is 0.538. The number of aliphatic hydroxyl groups is 1. The van der Waals surface area contributed by atoms with E-state index in [0.717, 1.165) is 12.1 Å². The van der Waals surface area contributed by atoms with Gasteiger partial charge in [0.05, 0.1) is 6.10 Å². The minimum absolute atomic E-state index is 0. The van der Waals surface area contributed by atoms with Crippen molar-refractivity contribution in [2.75, 3.05) is 0 Å². The van der Waals surface area contributed by atoms with Crippen LogP contribution in [-0.2, 0) is 0 Å². The predicted octanol–water partition coefficient (Wildman–Crippen LogP) is 3.18. The van der Waals surface area contributed by atoms with Crippen molar-refractivity contribution in [3.63, 3.8) is 0 Å². The van der Waals surface area contributed by atoms with Crippen LogP contribution in [-0.4, -0.2) is 11.1 Å². The molecule has 1 rings (SSSR count). The lowest BCUT2D eigenvalue weighted by Crippen LogP contribution is -2.36. The number of aliphatic hydroxyl groups excluding tert-OH is 1. The second kappa shape index (κ2) is 6.45. The van der Waals surface area contributed by atoms with Gasteiger partial charge in [-0.1, -0.05) is 26.8 Å². The van der Waals surface area contributed by atoms with Crippen LogP contribution >= 0.6 is 12.4 Å². The van der Waals surface area contributed by atoms with Crippen molar-refractivity contribution in [3.05, 3.63) is 35.4 Å². The Bertz CT molecular complexity index is 393. The molecular formula is C13H20ClF2NO. The van der Waals surface area contributed by atoms with Gasteiger partial charge in [-0.3, -0.25) is 0 Å². The Morgan fingerprint density at radius 3 is 2.22 bits per heavy atom. The van der Waals surface area contributed by atoms with Crippen molar-refractivity contribution in [1.82, 2.24) is 0 Å². The van der Waals surface area contributed by atoms with Gasteiger partial charge in [0, 0.05) is 6.04 Å². The maximum atomic E-state index is 13.0. The molecule has 0 saturated heterocycles. The molecule has 0 heterocycles. The summed E-state index contributed by atoms with van der Waals surface area (Å²) in [5, 5.41) is 9.90. The quantitative estimate of drug-likeness (QED) is 0.893. The second-order valence-corrected chi connectivity index (χ2v) is 5.40. The smallest absolute Gasteiger partial charge is 0.159 e. The monoisotopic (exact) mass is 279 g/mol. The van der Waals surface area contributed by atoms with Crippen LogP contribution in [0, 0.1) is 17.0 Å². The lowest BCUT2D eigenvalue weighted by atomic mass is 9.83. The summed E-state index contributed by atoms with van der Waals surface area (Å²) in [5.74, 6) is -1.87. The highest BCUT2D eigenvalue weighted by molar-refractivity contribution is 5.85. The van der Waals surface area contributed by atoms with Crippen LogP contribution in [0.4, 0.5) is 8.78 Å². The van der Waals surface area contributed by atoms with Gasteiger partial charge in [0.15, 0.2) is 11.6 Å². The fourth-order valence-electron chi connectivity index (χ4n) is 1.45. The first-order valence-corrected chi connectivity index (χ1v) is 5.60. The maximum Gasteiger partial charge on any atom is 0.159 e. The van der Waals surface area contributed by atoms with Crippen molar-refractivity contribution in [2.24, 2.45) is 11.1 Å². The average molecular weight is 280 g/mol. The summed E-state index contributed by atoms with van der Waals surface area (Å²) in [7, 11) is 0. The molecule has 18 heavy (non-hydrogen) atoms. The fourth-order valence-corrected chi connectivity index (χ4v) is 1.45. The summed E-state index contributed by atoms with van der Waals surface area (Å²) >= 11 is 0. The zero-order valence-corrected chi connectivity index (χ0v) is 11.6. The Morgan fingerprint density at radius 2 is 1.78 bits per heavy atom. The molecule has 0 bridgehead atoms. The Morgan fingerprint density at radius 1 is 1.22 bits per heavy atom. The Kier molecular flexibility index (Phi) is 6.20. The highest BCUT2D eigenvalue weighted by atomic mass is 35.5. The first-order chi connectivity index (χ1) is 7.71. The molecule has 1 aromatic rings. The molecular weight excluding hydrogens is 260 g/mol. The van der Waals surface area contributed by atoms with Crippen LogP contribution < -0.4 is 5.73 Å². The summed E-state index contributed by atoms with van der Waals surface area (Å²) < 4.78 is 25.7. The molecule has 0 aliphatic carbocycles. The highest BCUT2D eigenvalue weighted by Gasteiger charge is 2.24. The number of halogens is 3. The van der Waals surface area contributed by atoms with E-state index >= 15 is 0 Å². The first kappa shape index (κ1) is 17.3. The first-order valence-electron chi connectivity index (χ1n) is 5.60. The van der Waals surface area contributed by atoms with Crippen LogP contribution in [0.3, 0.4) is 0 Å². The van der Waals surface area contributed by atoms with Gasteiger partial charge < -0.3 is 10.8 Å². The molecule has 0 unspecified atom stereocenters. The molecule has 2 nitrogen and oxygen atoms in total. The van der Waals surface area contributed by atoms with Gasteiger partial charge in [-0.25, -0.2) is 8.78 Å². The zero-order chi connectivity index (χ0) is 13.2. The Labute approximate surface area is 113 Å². The van der Waals surface area contributed by atoms with Gasteiger partial charge in [0.25, 0.3) is 0 Å². The summed E-state index contributed by atoms with van der Waals surface area (Å²) in [5.41, 5.74) is 6.14. The van der Waals surface area contributed by atoms with Gasteiger partial charge in [-0.2, -0.15) is 0 Å². The van der Waals surface area contributed by atoms with E-state index < -0.39 is 17.7 Å². The van der Waals surface area contributed by atoms with E-state index in [0.29, 0.717) is 12.0 Å². The lowest BCUT2D eigenvalue weighted by molar-refractivity contribution is 0.133. The summed E-state index contributed by atoms with van der Waals surface area (Å²) in [6.07, 6.45) is -0.562. The molecule has 0 aromatic heterocycles. The Balaban J connectivity index is 0.00000289. The zero-order valence-electron chi connectivity index (χ0n) is 10.8. The number of nitrogens with two attached hydrogens (primary N) is 1. The normalized spacial score (nSPS) is 14.8. The van der Waals surface area contributed by atoms with E-state index in [1.807, 2.05) is 20.8 Å². The van der Waals surface area contributed by atoms with Crippen molar-refractivity contribution in [3.8, 4) is 0 Å². The number of benzene rings is 1. The molecule has 0 aliphatic heterocycles. The molecule has 104 valence electrons. The molecule has 0 aliphatic rings. The van der Waals surface area contributed by atoms with Crippen molar-refractivity contribution >= 4 is 12.4 Å². The largest absolute Gasteiger partial charge is 0.388 e. The van der Waals surface area contributed by atoms with Gasteiger partial charge in [-0.05, 0) is 29.5 Å². The lowest BCUT2D eigenvalue weighted by Gasteiger charge is -2.29. The van der Waals surface area contributed by atoms with E-state index in [1.165, 1.54) is 6.07 Å². The minimum atomic E-state index is -0.953. The summed E-state index contributed by atoms with van der Waals surface area (Å²) in [6.45, 7) is 5.90. The molecule has 1 aromatic carbocycles. The van der Waals surface area contributed by atoms with E-state index in [1.54, 1.807) is 0 Å². The summed E-state index contributed by atoms with van der Waals surface area (Å²) in [4.78, 5) is 0. The second-order valence-electron chi connectivity index (χ2n) is 5.40. The van der Waals surface area contributed by atoms with Crippen LogP contribution in [0.15, 0.2) is 18.2 Å². The molecule has 0 spiro atoms. The molecule has 0 saturated carbocycles. The van der Waals surface area contributed by atoms with Gasteiger partial charge in [-0.15, -0.1) is 12.4 Å². The van der Waals surface area contributed by atoms with Crippen LogP contribution in [0.1, 0.15) is 38.9 Å². The standard InChI is InChI=1S/C13H19F2NO.ClH/c1-13(2,3)12(16)7-11(17)8-4-5-9(14)10(15)6-8;/h4-6,11-12,17H,7,16H2,1-3H3;1H/t11-,12-;/m1./s1. The third-order valence-corrected chi connectivity index (χ3v) is 2.92. The van der Waals surface area contributed by atoms with E-state index in [4.69, 9.17) is 5.73 Å². The van der Waals surface area contributed by atoms with E-state index in [9.17, 15) is 13.9 Å². The third-order valence-electron chi connectivity index (χ3n) is 2.92. The molecule has 2 atom stereocenters. The molecule has 0 fully saturated rings. The Hall–Kier alpha value is -0.710. The van der Waals surface area contributed by atoms with Crippen molar-refractivity contribution in [1.29, 1.82) is 0 Å². The van der Waals surface area contributed by atoms with Gasteiger partial charge in [0.1, 0.15) is 0 Å². The molecule has 3 N–H and O–H groups in total. The maximum absolute atomic E-state index is 13.0. The van der Waals surface area contributed by atoms with Crippen LogP contribution in [0.25, 0.3) is 0 Å². The molecule has 5 heteroatoms. The number of rotatable bonds is 3. The number of hydrogen-bond donors (Lipinski definition) is 2. The predicted molar refractivity (Wildman–Crippen MR) is 70.6 cm³/mol. The van der Waals surface area contributed by atoms with Crippen molar-refractivity contribution in [2.45, 2.75) is 39.3 Å². The van der Waals surface area contributed by atoms with E-state index in [2.05, 4.69) is 0 Å². The highest BCUT2D eigenvalue weighted by Crippen LogP contribution is 2.27.